The normalized spacial score (nSPS) is 31.3. The summed E-state index contributed by atoms with van der Waals surface area (Å²) < 4.78 is 53.4. The van der Waals surface area contributed by atoms with E-state index in [4.69, 9.17) is 0 Å². The molecular formula is C25H33F4N5O4. The highest BCUT2D eigenvalue weighted by atomic mass is 19.4. The van der Waals surface area contributed by atoms with E-state index < -0.39 is 65.6 Å². The van der Waals surface area contributed by atoms with Crippen molar-refractivity contribution in [2.24, 2.45) is 23.2 Å². The molecule has 0 bridgehead atoms. The second-order valence-corrected chi connectivity index (χ2v) is 12.5. The van der Waals surface area contributed by atoms with Crippen molar-refractivity contribution in [3.63, 3.8) is 0 Å². The first-order valence-electron chi connectivity index (χ1n) is 12.8. The van der Waals surface area contributed by atoms with E-state index in [1.807, 2.05) is 33.8 Å². The molecule has 0 aromatic rings. The molecule has 9 nitrogen and oxygen atoms in total. The second kappa shape index (κ2) is 9.09. The molecule has 2 aliphatic heterocycles. The van der Waals surface area contributed by atoms with Crippen LogP contribution in [0.3, 0.4) is 0 Å². The van der Waals surface area contributed by atoms with E-state index in [1.54, 1.807) is 5.32 Å². The lowest BCUT2D eigenvalue weighted by molar-refractivity contribution is -0.175. The number of alkyl halides is 4. The number of likely N-dealkylation sites (tertiary alicyclic amines) is 1. The summed E-state index contributed by atoms with van der Waals surface area (Å²) in [5, 5.41) is 16.7. The fraction of sp³-hybridized carbons (Fsp3) is 0.800. The minimum atomic E-state index is -5.27. The van der Waals surface area contributed by atoms with Crippen molar-refractivity contribution in [2.75, 3.05) is 6.54 Å². The first-order chi connectivity index (χ1) is 17.4. The van der Waals surface area contributed by atoms with Crippen LogP contribution in [-0.4, -0.2) is 70.6 Å². The van der Waals surface area contributed by atoms with Gasteiger partial charge in [-0.25, -0.2) is 4.39 Å². The smallest absolute Gasteiger partial charge is 0.351 e. The molecule has 13 heteroatoms. The molecule has 2 heterocycles. The molecule has 4 aliphatic rings. The van der Waals surface area contributed by atoms with Crippen LogP contribution in [0.5, 0.6) is 0 Å². The number of nitrogens with one attached hydrogen (secondary N) is 3. The van der Waals surface area contributed by atoms with Crippen molar-refractivity contribution in [3.05, 3.63) is 0 Å². The number of nitriles is 1. The maximum Gasteiger partial charge on any atom is 0.471 e. The van der Waals surface area contributed by atoms with Crippen molar-refractivity contribution < 1.29 is 36.7 Å². The van der Waals surface area contributed by atoms with Crippen molar-refractivity contribution in [1.82, 2.24) is 20.9 Å². The van der Waals surface area contributed by atoms with E-state index in [0.717, 1.165) is 4.90 Å². The third kappa shape index (κ3) is 5.45. The zero-order valence-electron chi connectivity index (χ0n) is 21.7. The quantitative estimate of drug-likeness (QED) is 0.402. The van der Waals surface area contributed by atoms with Gasteiger partial charge in [0.2, 0.25) is 17.7 Å². The molecular weight excluding hydrogens is 510 g/mol. The molecule has 210 valence electrons. The topological polar surface area (TPSA) is 131 Å². The molecule has 38 heavy (non-hydrogen) atoms. The third-order valence-electron chi connectivity index (χ3n) is 8.57. The number of fused-ring (bicyclic) bond motifs is 1. The fourth-order valence-corrected chi connectivity index (χ4v) is 6.23. The van der Waals surface area contributed by atoms with E-state index in [2.05, 4.69) is 10.6 Å². The largest absolute Gasteiger partial charge is 0.471 e. The summed E-state index contributed by atoms with van der Waals surface area (Å²) in [7, 11) is 0. The molecule has 2 saturated heterocycles. The van der Waals surface area contributed by atoms with Crippen molar-refractivity contribution in [1.29, 1.82) is 5.26 Å². The van der Waals surface area contributed by atoms with Gasteiger partial charge < -0.3 is 20.9 Å². The Balaban J connectivity index is 1.51. The molecule has 0 aromatic carbocycles. The number of hydrogen-bond donors (Lipinski definition) is 3. The van der Waals surface area contributed by atoms with Crippen LogP contribution in [0.1, 0.15) is 59.8 Å². The van der Waals surface area contributed by atoms with Gasteiger partial charge in [-0.15, -0.1) is 0 Å². The number of halogens is 4. The Morgan fingerprint density at radius 2 is 1.82 bits per heavy atom. The number of nitrogens with zero attached hydrogens (tertiary/aromatic N) is 2. The van der Waals surface area contributed by atoms with E-state index >= 15 is 0 Å². The number of piperidine rings is 1. The van der Waals surface area contributed by atoms with Crippen molar-refractivity contribution in [3.8, 4) is 6.07 Å². The Bertz CT molecular complexity index is 1080. The lowest BCUT2D eigenvalue weighted by Gasteiger charge is -2.34. The minimum Gasteiger partial charge on any atom is -0.351 e. The summed E-state index contributed by atoms with van der Waals surface area (Å²) in [5.74, 6) is -5.14. The molecule has 6 atom stereocenters. The van der Waals surface area contributed by atoms with Crippen LogP contribution in [0.2, 0.25) is 0 Å². The monoisotopic (exact) mass is 543 g/mol. The van der Waals surface area contributed by atoms with Gasteiger partial charge in [-0.05, 0) is 56.8 Å². The third-order valence-corrected chi connectivity index (χ3v) is 8.57. The number of carbonyl (C=O) groups is 4. The number of rotatable bonds is 8. The highest BCUT2D eigenvalue weighted by Crippen LogP contribution is 2.65. The van der Waals surface area contributed by atoms with Crippen LogP contribution >= 0.6 is 0 Å². The van der Waals surface area contributed by atoms with Crippen LogP contribution in [-0.2, 0) is 19.2 Å². The lowest BCUT2D eigenvalue weighted by atomic mass is 9.91. The van der Waals surface area contributed by atoms with Gasteiger partial charge in [0.05, 0.1) is 6.07 Å². The molecule has 6 unspecified atom stereocenters. The Kier molecular flexibility index (Phi) is 6.72. The molecule has 4 fully saturated rings. The average molecular weight is 544 g/mol. The SMILES string of the molecule is CC1(C)CC(CC(C#N)NC(=O)C2C3C(CN2C(=O)C(CC2(F)CC2)NC(=O)C(F)(F)F)C3(C)C)C(=O)N1. The Morgan fingerprint density at radius 1 is 1.18 bits per heavy atom. The first kappa shape index (κ1) is 28.1. The molecule has 0 spiro atoms. The molecule has 4 rings (SSSR count). The molecule has 0 radical (unpaired) electrons. The zero-order chi connectivity index (χ0) is 28.4. The van der Waals surface area contributed by atoms with Gasteiger partial charge in [-0.2, -0.15) is 18.4 Å². The standard InChI is InChI=1S/C25H33F4N5O4/c1-22(2)8-12(18(35)33-22)7-13(10-30)31-19(36)17-16-14(23(16,3)4)11-34(17)20(37)15(9-24(26)5-6-24)32-21(38)25(27,28)29/h12-17H,5-9,11H2,1-4H3,(H,31,36)(H,32,38)(H,33,35). The first-order valence-corrected chi connectivity index (χ1v) is 12.8. The summed E-state index contributed by atoms with van der Waals surface area (Å²) in [6, 6.07) is -1.95. The van der Waals surface area contributed by atoms with Crippen LogP contribution in [0, 0.1) is 34.5 Å². The van der Waals surface area contributed by atoms with E-state index in [1.165, 1.54) is 0 Å². The predicted octanol–water partition coefficient (Wildman–Crippen LogP) is 1.72. The fourth-order valence-electron chi connectivity index (χ4n) is 6.23. The molecule has 2 saturated carbocycles. The molecule has 4 amide bonds. The maximum atomic E-state index is 14.6. The van der Waals surface area contributed by atoms with Gasteiger partial charge in [-0.3, -0.25) is 19.2 Å². The minimum absolute atomic E-state index is 0.0582. The van der Waals surface area contributed by atoms with Crippen LogP contribution < -0.4 is 16.0 Å². The number of hydrogen-bond acceptors (Lipinski definition) is 5. The van der Waals surface area contributed by atoms with Gasteiger partial charge in [0, 0.05) is 24.4 Å². The van der Waals surface area contributed by atoms with Crippen molar-refractivity contribution >= 4 is 23.6 Å². The maximum absolute atomic E-state index is 14.6. The zero-order valence-corrected chi connectivity index (χ0v) is 21.7. The highest BCUT2D eigenvalue weighted by molar-refractivity contribution is 5.94. The van der Waals surface area contributed by atoms with Gasteiger partial charge in [0.1, 0.15) is 23.8 Å². The van der Waals surface area contributed by atoms with Gasteiger partial charge in [0.15, 0.2) is 0 Å². The van der Waals surface area contributed by atoms with E-state index in [0.29, 0.717) is 6.42 Å². The van der Waals surface area contributed by atoms with E-state index in [-0.39, 0.29) is 49.0 Å². The molecule has 2 aliphatic carbocycles. The average Bonchev–Trinajstić information content (AvgIpc) is 3.49. The summed E-state index contributed by atoms with van der Waals surface area (Å²) in [6.45, 7) is 7.56. The number of amides is 4. The van der Waals surface area contributed by atoms with Crippen LogP contribution in [0.25, 0.3) is 0 Å². The summed E-state index contributed by atoms with van der Waals surface area (Å²) in [6.07, 6.45) is -5.22. The van der Waals surface area contributed by atoms with Crippen molar-refractivity contribution in [2.45, 2.75) is 95.3 Å². The Hall–Kier alpha value is -2.91. The Morgan fingerprint density at radius 3 is 2.32 bits per heavy atom. The van der Waals surface area contributed by atoms with Crippen LogP contribution in [0.15, 0.2) is 0 Å². The summed E-state index contributed by atoms with van der Waals surface area (Å²) in [5.41, 5.74) is -2.63. The summed E-state index contributed by atoms with van der Waals surface area (Å²) >= 11 is 0. The molecule has 0 aromatic heterocycles. The van der Waals surface area contributed by atoms with Crippen LogP contribution in [0.4, 0.5) is 17.6 Å². The second-order valence-electron chi connectivity index (χ2n) is 12.5. The van der Waals surface area contributed by atoms with Gasteiger partial charge in [0.25, 0.3) is 0 Å². The highest BCUT2D eigenvalue weighted by Gasteiger charge is 2.70. The lowest BCUT2D eigenvalue weighted by Crippen LogP contribution is -2.58. The summed E-state index contributed by atoms with van der Waals surface area (Å²) in [4.78, 5) is 51.9. The molecule has 3 N–H and O–H groups in total. The number of carbonyl (C=O) groups excluding carboxylic acids is 4. The Labute approximate surface area is 218 Å². The van der Waals surface area contributed by atoms with Gasteiger partial charge >= 0.3 is 12.1 Å². The predicted molar refractivity (Wildman–Crippen MR) is 124 cm³/mol. The van der Waals surface area contributed by atoms with E-state index in [9.17, 15) is 42.0 Å². The van der Waals surface area contributed by atoms with Gasteiger partial charge in [-0.1, -0.05) is 13.8 Å².